The molecule has 0 spiro atoms. The second kappa shape index (κ2) is 7.22. The summed E-state index contributed by atoms with van der Waals surface area (Å²) in [5.74, 6) is -0.0852. The van der Waals surface area contributed by atoms with Gasteiger partial charge in [-0.25, -0.2) is 18.1 Å². The van der Waals surface area contributed by atoms with E-state index < -0.39 is 22.6 Å². The molecule has 0 aliphatic carbocycles. The zero-order chi connectivity index (χ0) is 19.1. The molecule has 3 rings (SSSR count). The van der Waals surface area contributed by atoms with Gasteiger partial charge in [0.25, 0.3) is 0 Å². The molecule has 0 amide bonds. The molecule has 0 fully saturated rings. The Hall–Kier alpha value is -1.55. The third-order valence-corrected chi connectivity index (χ3v) is 6.24. The minimum atomic E-state index is -4.04. The van der Waals surface area contributed by atoms with Crippen LogP contribution in [0.4, 0.5) is 8.78 Å². The van der Waals surface area contributed by atoms with Gasteiger partial charge in [-0.1, -0.05) is 39.7 Å². The van der Waals surface area contributed by atoms with Crippen molar-refractivity contribution in [3.8, 4) is 0 Å². The standard InChI is InChI=1S/C16H13BrClF2N3O2S/c1-9(22-26(24,25)14-7-6-10(17)8-11(14)18)15-21-12-4-2-3-5-13(12)23(15)16(19)20/h2-9,16,22H,1H3/t9-/m1/s1. The number of halogens is 4. The number of fused-ring (bicyclic) bond motifs is 1. The fourth-order valence-electron chi connectivity index (χ4n) is 2.62. The Balaban J connectivity index is 2.01. The maximum atomic E-state index is 13.5. The first kappa shape index (κ1) is 19.2. The van der Waals surface area contributed by atoms with Crippen LogP contribution in [0.15, 0.2) is 51.8 Å². The number of benzene rings is 2. The average molecular weight is 465 g/mol. The highest BCUT2D eigenvalue weighted by molar-refractivity contribution is 9.10. The largest absolute Gasteiger partial charge is 0.320 e. The molecule has 0 radical (unpaired) electrons. The summed E-state index contributed by atoms with van der Waals surface area (Å²) >= 11 is 9.20. The van der Waals surface area contributed by atoms with Crippen molar-refractivity contribution in [2.45, 2.75) is 24.4 Å². The molecule has 1 N–H and O–H groups in total. The Morgan fingerprint density at radius 1 is 1.23 bits per heavy atom. The molecule has 5 nitrogen and oxygen atoms in total. The number of hydrogen-bond donors (Lipinski definition) is 1. The molecule has 3 aromatic rings. The third kappa shape index (κ3) is 3.62. The number of sulfonamides is 1. The van der Waals surface area contributed by atoms with Crippen molar-refractivity contribution in [2.75, 3.05) is 0 Å². The second-order valence-electron chi connectivity index (χ2n) is 5.52. The van der Waals surface area contributed by atoms with Crippen LogP contribution >= 0.6 is 27.5 Å². The van der Waals surface area contributed by atoms with Gasteiger partial charge in [0.05, 0.1) is 22.1 Å². The molecule has 0 unspecified atom stereocenters. The van der Waals surface area contributed by atoms with E-state index in [2.05, 4.69) is 25.6 Å². The minimum Gasteiger partial charge on any atom is -0.269 e. The molecule has 0 aliphatic rings. The zero-order valence-electron chi connectivity index (χ0n) is 13.3. The molecule has 0 saturated carbocycles. The Labute approximate surface area is 162 Å². The van der Waals surface area contributed by atoms with Crippen LogP contribution in [0.2, 0.25) is 5.02 Å². The normalized spacial score (nSPS) is 13.5. The molecule has 1 atom stereocenters. The van der Waals surface area contributed by atoms with Gasteiger partial charge in [0.1, 0.15) is 10.7 Å². The number of rotatable bonds is 5. The van der Waals surface area contributed by atoms with Crippen LogP contribution in [-0.2, 0) is 10.0 Å². The Morgan fingerprint density at radius 3 is 2.58 bits per heavy atom. The highest BCUT2D eigenvalue weighted by Crippen LogP contribution is 2.29. The first-order valence-electron chi connectivity index (χ1n) is 7.43. The van der Waals surface area contributed by atoms with Gasteiger partial charge in [-0.3, -0.25) is 4.57 Å². The lowest BCUT2D eigenvalue weighted by Crippen LogP contribution is -2.29. The number of alkyl halides is 2. The zero-order valence-corrected chi connectivity index (χ0v) is 16.5. The van der Waals surface area contributed by atoms with E-state index in [0.717, 1.165) is 0 Å². The Morgan fingerprint density at radius 2 is 1.92 bits per heavy atom. The molecular weight excluding hydrogens is 452 g/mol. The summed E-state index contributed by atoms with van der Waals surface area (Å²) in [5.41, 5.74) is 0.584. The molecule has 0 bridgehead atoms. The lowest BCUT2D eigenvalue weighted by atomic mass is 10.3. The van der Waals surface area contributed by atoms with E-state index in [1.165, 1.54) is 31.2 Å². The van der Waals surface area contributed by atoms with E-state index in [1.807, 2.05) is 0 Å². The number of nitrogens with zero attached hydrogens (tertiary/aromatic N) is 2. The summed E-state index contributed by atoms with van der Waals surface area (Å²) in [6, 6.07) is 9.68. The molecular formula is C16H13BrClF2N3O2S. The highest BCUT2D eigenvalue weighted by atomic mass is 79.9. The van der Waals surface area contributed by atoms with Crippen LogP contribution in [0, 0.1) is 0 Å². The van der Waals surface area contributed by atoms with E-state index in [-0.39, 0.29) is 21.3 Å². The van der Waals surface area contributed by atoms with Gasteiger partial charge in [0.2, 0.25) is 10.0 Å². The van der Waals surface area contributed by atoms with Gasteiger partial charge in [-0.2, -0.15) is 8.78 Å². The molecule has 26 heavy (non-hydrogen) atoms. The number of aromatic nitrogens is 2. The second-order valence-corrected chi connectivity index (χ2v) is 8.53. The molecule has 10 heteroatoms. The summed E-state index contributed by atoms with van der Waals surface area (Å²) in [7, 11) is -4.04. The molecule has 1 heterocycles. The summed E-state index contributed by atoms with van der Waals surface area (Å²) in [6.45, 7) is -1.41. The topological polar surface area (TPSA) is 64.0 Å². The average Bonchev–Trinajstić information content (AvgIpc) is 2.93. The number of para-hydroxylation sites is 2. The lowest BCUT2D eigenvalue weighted by molar-refractivity contribution is 0.0702. The van der Waals surface area contributed by atoms with E-state index in [4.69, 9.17) is 11.6 Å². The van der Waals surface area contributed by atoms with Crippen LogP contribution in [0.3, 0.4) is 0 Å². The van der Waals surface area contributed by atoms with Crippen molar-refractivity contribution in [3.63, 3.8) is 0 Å². The first-order chi connectivity index (χ1) is 12.2. The van der Waals surface area contributed by atoms with Crippen LogP contribution in [0.5, 0.6) is 0 Å². The van der Waals surface area contributed by atoms with E-state index in [0.29, 0.717) is 14.6 Å². The maximum absolute atomic E-state index is 13.5. The minimum absolute atomic E-state index is 0.0152. The molecule has 0 saturated heterocycles. The van der Waals surface area contributed by atoms with Crippen molar-refractivity contribution in [1.29, 1.82) is 0 Å². The van der Waals surface area contributed by atoms with Gasteiger partial charge >= 0.3 is 6.55 Å². The third-order valence-electron chi connectivity index (χ3n) is 3.72. The fourth-order valence-corrected chi connectivity index (χ4v) is 4.85. The highest BCUT2D eigenvalue weighted by Gasteiger charge is 2.27. The van der Waals surface area contributed by atoms with E-state index in [1.54, 1.807) is 18.2 Å². The fraction of sp³-hybridized carbons (Fsp3) is 0.188. The molecule has 0 aliphatic heterocycles. The summed E-state index contributed by atoms with van der Waals surface area (Å²) in [5, 5.41) is 0.0152. The molecule has 2 aromatic carbocycles. The number of nitrogens with one attached hydrogen (secondary N) is 1. The Bertz CT molecular complexity index is 1070. The van der Waals surface area contributed by atoms with E-state index >= 15 is 0 Å². The first-order valence-corrected chi connectivity index (χ1v) is 10.1. The summed E-state index contributed by atoms with van der Waals surface area (Å²) in [4.78, 5) is 4.02. The van der Waals surface area contributed by atoms with Gasteiger partial charge < -0.3 is 0 Å². The maximum Gasteiger partial charge on any atom is 0.320 e. The predicted octanol–water partition coefficient (Wildman–Crippen LogP) is 4.89. The lowest BCUT2D eigenvalue weighted by Gasteiger charge is -2.16. The quantitative estimate of drug-likeness (QED) is 0.585. The smallest absolute Gasteiger partial charge is 0.269 e. The van der Waals surface area contributed by atoms with Gasteiger partial charge in [0.15, 0.2) is 0 Å². The van der Waals surface area contributed by atoms with Crippen molar-refractivity contribution < 1.29 is 17.2 Å². The van der Waals surface area contributed by atoms with Gasteiger partial charge in [-0.15, -0.1) is 0 Å². The monoisotopic (exact) mass is 463 g/mol. The van der Waals surface area contributed by atoms with Gasteiger partial charge in [-0.05, 0) is 37.3 Å². The van der Waals surface area contributed by atoms with Crippen LogP contribution in [0.1, 0.15) is 25.3 Å². The summed E-state index contributed by atoms with van der Waals surface area (Å²) in [6.07, 6.45) is 0. The van der Waals surface area contributed by atoms with Crippen molar-refractivity contribution in [3.05, 3.63) is 57.8 Å². The van der Waals surface area contributed by atoms with Crippen molar-refractivity contribution in [2.24, 2.45) is 0 Å². The molecule has 1 aromatic heterocycles. The van der Waals surface area contributed by atoms with Crippen molar-refractivity contribution >= 4 is 48.6 Å². The predicted molar refractivity (Wildman–Crippen MR) is 98.9 cm³/mol. The van der Waals surface area contributed by atoms with E-state index in [9.17, 15) is 17.2 Å². The SMILES string of the molecule is C[C@@H](NS(=O)(=O)c1ccc(Br)cc1Cl)c1nc2ccccc2n1C(F)F. The van der Waals surface area contributed by atoms with Crippen LogP contribution in [0.25, 0.3) is 11.0 Å². The Kier molecular flexibility index (Phi) is 5.34. The molecule has 138 valence electrons. The summed E-state index contributed by atoms with van der Waals surface area (Å²) < 4.78 is 56.0. The number of hydrogen-bond acceptors (Lipinski definition) is 3. The van der Waals surface area contributed by atoms with Crippen LogP contribution in [-0.4, -0.2) is 18.0 Å². The van der Waals surface area contributed by atoms with Gasteiger partial charge in [0, 0.05) is 4.47 Å². The van der Waals surface area contributed by atoms with Crippen LogP contribution < -0.4 is 4.72 Å². The number of imidazole rings is 1. The van der Waals surface area contributed by atoms with Crippen molar-refractivity contribution in [1.82, 2.24) is 14.3 Å².